The molecule has 5 aliphatic heterocycles. The van der Waals surface area contributed by atoms with Crippen molar-refractivity contribution in [2.45, 2.75) is 61.8 Å². The van der Waals surface area contributed by atoms with Crippen molar-refractivity contribution in [1.82, 2.24) is 9.80 Å². The average molecular weight is 609 g/mol. The summed E-state index contributed by atoms with van der Waals surface area (Å²) in [5.41, 5.74) is 11.7. The molecule has 0 saturated carbocycles. The number of nitrogens with two attached hydrogens (primary N) is 1. The standard InChI is InChI=1S/C31H36N4O7S/c1-14-6-16-7-31(11-32)12-35-19-9-40-30(37)18(33)10-43-29(22-21(19)28-27(41-13-42-28)15(2)25(22)36)24(35)23(34(31)3)20(16)17(8-38-4)26(14)39-5/h6,18-19,23-24,29,36H,7-10,12-13,33H2,1-5H3/t18-,19?,23?,24?,29?,31+/m0/s1. The third kappa shape index (κ3) is 3.85. The highest BCUT2D eigenvalue weighted by atomic mass is 32.2. The molecule has 0 amide bonds. The number of fused-ring (bicyclic) bond motifs is 9. The Hall–Kier alpha value is -3.21. The Morgan fingerprint density at radius 1 is 1.21 bits per heavy atom. The number of nitriles is 1. The van der Waals surface area contributed by atoms with E-state index in [0.717, 1.165) is 39.1 Å². The summed E-state index contributed by atoms with van der Waals surface area (Å²) < 4.78 is 29.4. The van der Waals surface area contributed by atoms with Gasteiger partial charge in [-0.1, -0.05) is 6.07 Å². The second-order valence-electron chi connectivity index (χ2n) is 12.1. The van der Waals surface area contributed by atoms with Gasteiger partial charge in [-0.25, -0.2) is 0 Å². The van der Waals surface area contributed by atoms with Crippen molar-refractivity contribution in [1.29, 1.82) is 5.26 Å². The predicted octanol–water partition coefficient (Wildman–Crippen LogP) is 2.78. The number of hydrogen-bond acceptors (Lipinski definition) is 12. The van der Waals surface area contributed by atoms with E-state index in [0.29, 0.717) is 42.4 Å². The highest BCUT2D eigenvalue weighted by molar-refractivity contribution is 7.99. The van der Waals surface area contributed by atoms with Crippen LogP contribution in [-0.2, 0) is 27.3 Å². The monoisotopic (exact) mass is 608 g/mol. The Bertz CT molecular complexity index is 1580. The SMILES string of the molecule is COCc1c(OC)c(C)cc2c1C1C3C4SC[C@H](N)C(=O)OCC(c5c6c(c(C)c(O)c54)OCO6)N3C[C@](C#N)(C2)N1C. The normalized spacial score (nSPS) is 31.0. The first-order chi connectivity index (χ1) is 20.7. The molecule has 0 aromatic heterocycles. The van der Waals surface area contributed by atoms with Crippen LogP contribution in [0.1, 0.15) is 56.3 Å². The van der Waals surface area contributed by atoms with E-state index >= 15 is 0 Å². The number of phenols is 1. The number of aryl methyl sites for hydroxylation is 1. The zero-order valence-corrected chi connectivity index (χ0v) is 25.7. The second-order valence-corrected chi connectivity index (χ2v) is 13.3. The molecule has 3 N–H and O–H groups in total. The van der Waals surface area contributed by atoms with Crippen LogP contribution in [0.5, 0.6) is 23.0 Å². The first kappa shape index (κ1) is 28.6. The van der Waals surface area contributed by atoms with Gasteiger partial charge in [0.05, 0.1) is 37.1 Å². The molecule has 5 aliphatic rings. The lowest BCUT2D eigenvalue weighted by Gasteiger charge is -2.62. The first-order valence-electron chi connectivity index (χ1n) is 14.4. The number of cyclic esters (lactones) is 1. The minimum Gasteiger partial charge on any atom is -0.507 e. The van der Waals surface area contributed by atoms with Gasteiger partial charge in [0.2, 0.25) is 6.79 Å². The largest absolute Gasteiger partial charge is 0.507 e. The number of esters is 1. The van der Waals surface area contributed by atoms with E-state index in [1.807, 2.05) is 20.9 Å². The molecule has 5 heterocycles. The van der Waals surface area contributed by atoms with Crippen LogP contribution in [-0.4, -0.2) is 85.5 Å². The molecule has 11 nitrogen and oxygen atoms in total. The van der Waals surface area contributed by atoms with Gasteiger partial charge in [0, 0.05) is 54.1 Å². The third-order valence-electron chi connectivity index (χ3n) is 9.98. The number of rotatable bonds is 3. The number of ether oxygens (including phenoxy) is 5. The summed E-state index contributed by atoms with van der Waals surface area (Å²) in [5.74, 6) is 1.80. The lowest BCUT2D eigenvalue weighted by atomic mass is 9.68. The van der Waals surface area contributed by atoms with Gasteiger partial charge >= 0.3 is 5.97 Å². The number of carbonyl (C=O) groups excluding carboxylic acids is 1. The Labute approximate surface area is 254 Å². The summed E-state index contributed by atoms with van der Waals surface area (Å²) in [5, 5.41) is 22.4. The molecule has 0 spiro atoms. The Balaban J connectivity index is 1.54. The molecule has 4 unspecified atom stereocenters. The fourth-order valence-electron chi connectivity index (χ4n) is 8.09. The maximum absolute atomic E-state index is 12.9. The van der Waals surface area contributed by atoms with E-state index in [1.54, 1.807) is 14.2 Å². The quantitative estimate of drug-likeness (QED) is 0.495. The van der Waals surface area contributed by atoms with Gasteiger partial charge in [-0.05, 0) is 37.6 Å². The van der Waals surface area contributed by atoms with Gasteiger partial charge in [-0.15, -0.1) is 11.8 Å². The highest BCUT2D eigenvalue weighted by Gasteiger charge is 2.61. The van der Waals surface area contributed by atoms with Crippen LogP contribution in [0.4, 0.5) is 0 Å². The molecule has 0 radical (unpaired) electrons. The van der Waals surface area contributed by atoms with Gasteiger partial charge in [-0.3, -0.25) is 14.6 Å². The summed E-state index contributed by atoms with van der Waals surface area (Å²) in [6.07, 6.45) is 0.509. The van der Waals surface area contributed by atoms with Crippen molar-refractivity contribution < 1.29 is 33.6 Å². The topological polar surface area (TPSA) is 140 Å². The van der Waals surface area contributed by atoms with E-state index in [1.165, 1.54) is 11.8 Å². The number of benzene rings is 2. The van der Waals surface area contributed by atoms with E-state index in [4.69, 9.17) is 29.4 Å². The molecule has 6 atom stereocenters. The van der Waals surface area contributed by atoms with Crippen molar-refractivity contribution >= 4 is 17.7 Å². The smallest absolute Gasteiger partial charge is 0.323 e. The number of methoxy groups -OCH3 is 2. The fourth-order valence-corrected chi connectivity index (χ4v) is 9.55. The van der Waals surface area contributed by atoms with Crippen LogP contribution in [0.15, 0.2) is 6.07 Å². The van der Waals surface area contributed by atoms with E-state index in [-0.39, 0.29) is 36.5 Å². The maximum Gasteiger partial charge on any atom is 0.323 e. The van der Waals surface area contributed by atoms with E-state index in [9.17, 15) is 15.2 Å². The molecule has 43 heavy (non-hydrogen) atoms. The summed E-state index contributed by atoms with van der Waals surface area (Å²) in [6, 6.07) is 3.01. The molecule has 7 rings (SSSR count). The van der Waals surface area contributed by atoms with Crippen LogP contribution in [0, 0.1) is 25.2 Å². The van der Waals surface area contributed by atoms with Gasteiger partial charge < -0.3 is 34.5 Å². The minimum atomic E-state index is -0.859. The van der Waals surface area contributed by atoms with Crippen molar-refractivity contribution in [3.63, 3.8) is 0 Å². The molecular formula is C31H36N4O7S. The summed E-state index contributed by atoms with van der Waals surface area (Å²) >= 11 is 1.53. The van der Waals surface area contributed by atoms with Crippen LogP contribution >= 0.6 is 11.8 Å². The molecule has 12 heteroatoms. The molecule has 4 bridgehead atoms. The lowest BCUT2D eigenvalue weighted by molar-refractivity contribution is -0.150. The predicted molar refractivity (Wildman–Crippen MR) is 157 cm³/mol. The van der Waals surface area contributed by atoms with Crippen LogP contribution in [0.25, 0.3) is 0 Å². The van der Waals surface area contributed by atoms with Gasteiger partial charge in [0.15, 0.2) is 11.5 Å². The number of aromatic hydroxyl groups is 1. The van der Waals surface area contributed by atoms with Gasteiger partial charge in [0.1, 0.15) is 29.7 Å². The Morgan fingerprint density at radius 3 is 2.70 bits per heavy atom. The molecular weight excluding hydrogens is 572 g/mol. The number of hydrogen-bond donors (Lipinski definition) is 2. The third-order valence-corrected chi connectivity index (χ3v) is 11.4. The van der Waals surface area contributed by atoms with Crippen LogP contribution in [0.3, 0.4) is 0 Å². The van der Waals surface area contributed by atoms with E-state index in [2.05, 4.69) is 21.9 Å². The average Bonchev–Trinajstić information content (AvgIpc) is 3.48. The molecule has 2 fully saturated rings. The number of nitrogens with zero attached hydrogens (tertiary/aromatic N) is 3. The van der Waals surface area contributed by atoms with Crippen LogP contribution < -0.4 is 19.9 Å². The molecule has 228 valence electrons. The van der Waals surface area contributed by atoms with E-state index < -0.39 is 23.6 Å². The van der Waals surface area contributed by atoms with Crippen molar-refractivity contribution in [3.8, 4) is 29.1 Å². The first-order valence-corrected chi connectivity index (χ1v) is 15.5. The maximum atomic E-state index is 12.9. The molecule has 2 aromatic rings. The fraction of sp³-hybridized carbons (Fsp3) is 0.548. The zero-order valence-electron chi connectivity index (χ0n) is 24.9. The van der Waals surface area contributed by atoms with Crippen molar-refractivity contribution in [2.75, 3.05) is 47.0 Å². The number of thioether (sulfide) groups is 1. The highest BCUT2D eigenvalue weighted by Crippen LogP contribution is 2.63. The lowest BCUT2D eigenvalue weighted by Crippen LogP contribution is -2.70. The zero-order chi connectivity index (χ0) is 30.4. The minimum absolute atomic E-state index is 0.00132. The van der Waals surface area contributed by atoms with Crippen LogP contribution in [0.2, 0.25) is 0 Å². The Kier molecular flexibility index (Phi) is 6.76. The number of carbonyl (C=O) groups is 1. The van der Waals surface area contributed by atoms with Gasteiger partial charge in [0.25, 0.3) is 0 Å². The second kappa shape index (κ2) is 10.2. The molecule has 0 aliphatic carbocycles. The summed E-state index contributed by atoms with van der Waals surface area (Å²) in [4.78, 5) is 17.4. The summed E-state index contributed by atoms with van der Waals surface area (Å²) in [7, 11) is 5.36. The summed E-state index contributed by atoms with van der Waals surface area (Å²) in [6.45, 7) is 4.63. The number of likely N-dealkylation sites (N-methyl/N-ethyl adjacent to an activating group) is 1. The van der Waals surface area contributed by atoms with Crippen molar-refractivity contribution in [3.05, 3.63) is 45.0 Å². The van der Waals surface area contributed by atoms with Gasteiger partial charge in [-0.2, -0.15) is 5.26 Å². The molecule has 2 aromatic carbocycles. The number of phenolic OH excluding ortho intramolecular Hbond substituents is 1. The number of piperazine rings is 1. The molecule has 2 saturated heterocycles. The van der Waals surface area contributed by atoms with Crippen molar-refractivity contribution in [2.24, 2.45) is 5.73 Å². The Morgan fingerprint density at radius 2 is 1.98 bits per heavy atom.